The summed E-state index contributed by atoms with van der Waals surface area (Å²) in [7, 11) is 0. The van der Waals surface area contributed by atoms with Gasteiger partial charge in [0.2, 0.25) is 0 Å². The first kappa shape index (κ1) is 14.8. The molecule has 2 heterocycles. The maximum Gasteiger partial charge on any atom is 0.411 e. The molecule has 1 amide bonds. The zero-order valence-electron chi connectivity index (χ0n) is 12.0. The van der Waals surface area contributed by atoms with E-state index in [9.17, 15) is 9.59 Å². The highest BCUT2D eigenvalue weighted by molar-refractivity contribution is 7.98. The molecule has 108 valence electrons. The number of Topliss-reactive ketones (excluding diaryl/α,β-unsaturated/α-hetero) is 1. The van der Waals surface area contributed by atoms with Crippen LogP contribution in [-0.2, 0) is 11.3 Å². The Balaban J connectivity index is 2.21. The number of hydrogen-bond acceptors (Lipinski definition) is 6. The number of ether oxygens (including phenoxy) is 1. The van der Waals surface area contributed by atoms with Crippen LogP contribution in [0.15, 0.2) is 11.4 Å². The third-order valence-corrected chi connectivity index (χ3v) is 3.22. The van der Waals surface area contributed by atoms with Crippen LogP contribution in [0.2, 0.25) is 0 Å². The van der Waals surface area contributed by atoms with Crippen LogP contribution in [0.4, 0.5) is 4.79 Å². The number of aromatic nitrogens is 2. The van der Waals surface area contributed by atoms with E-state index < -0.39 is 11.7 Å². The number of nitrogens with zero attached hydrogens (tertiary/aromatic N) is 3. The van der Waals surface area contributed by atoms with Crippen molar-refractivity contribution in [3.63, 3.8) is 0 Å². The maximum absolute atomic E-state index is 12.0. The van der Waals surface area contributed by atoms with Crippen LogP contribution in [0.25, 0.3) is 0 Å². The molecule has 0 fully saturated rings. The lowest BCUT2D eigenvalue weighted by Crippen LogP contribution is -2.42. The van der Waals surface area contributed by atoms with Crippen molar-refractivity contribution in [3.8, 4) is 0 Å². The Bertz CT molecular complexity index is 554. The van der Waals surface area contributed by atoms with Gasteiger partial charge in [-0.15, -0.1) is 0 Å². The van der Waals surface area contributed by atoms with E-state index in [0.29, 0.717) is 16.4 Å². The predicted molar refractivity (Wildman–Crippen MR) is 74.8 cm³/mol. The Morgan fingerprint density at radius 3 is 2.70 bits per heavy atom. The van der Waals surface area contributed by atoms with Crippen LogP contribution in [0, 0.1) is 0 Å². The zero-order chi connectivity index (χ0) is 14.9. The highest BCUT2D eigenvalue weighted by atomic mass is 32.2. The van der Waals surface area contributed by atoms with Gasteiger partial charge in [-0.3, -0.25) is 9.69 Å². The molecule has 0 N–H and O–H groups in total. The molecule has 0 aliphatic carbocycles. The van der Waals surface area contributed by atoms with Gasteiger partial charge >= 0.3 is 6.09 Å². The second-order valence-electron chi connectivity index (χ2n) is 5.48. The van der Waals surface area contributed by atoms with Crippen LogP contribution in [0.5, 0.6) is 0 Å². The summed E-state index contributed by atoms with van der Waals surface area (Å²) in [6, 6.07) is 0. The highest BCUT2D eigenvalue weighted by Gasteiger charge is 2.31. The molecule has 0 saturated heterocycles. The van der Waals surface area contributed by atoms with Crippen molar-refractivity contribution in [1.82, 2.24) is 14.9 Å². The summed E-state index contributed by atoms with van der Waals surface area (Å²) < 4.78 is 5.28. The SMILES string of the molecule is CSc1ncc2c(n1)CN(C(=O)OC(C)(C)C)CC2=O. The second-order valence-corrected chi connectivity index (χ2v) is 6.25. The lowest BCUT2D eigenvalue weighted by molar-refractivity contribution is 0.0216. The molecular formula is C13H17N3O3S. The smallest absolute Gasteiger partial charge is 0.411 e. The number of rotatable bonds is 1. The van der Waals surface area contributed by atoms with Crippen molar-refractivity contribution in [2.45, 2.75) is 38.1 Å². The Hall–Kier alpha value is -1.63. The normalized spacial score (nSPS) is 15.0. The van der Waals surface area contributed by atoms with Crippen LogP contribution in [0.3, 0.4) is 0 Å². The summed E-state index contributed by atoms with van der Waals surface area (Å²) in [5, 5.41) is 0.586. The van der Waals surface area contributed by atoms with Gasteiger partial charge in [0.05, 0.1) is 24.3 Å². The molecule has 0 spiro atoms. The monoisotopic (exact) mass is 295 g/mol. The molecule has 20 heavy (non-hydrogen) atoms. The van der Waals surface area contributed by atoms with Gasteiger partial charge in [0.15, 0.2) is 10.9 Å². The minimum atomic E-state index is -0.587. The molecule has 0 radical (unpaired) electrons. The third-order valence-electron chi connectivity index (χ3n) is 2.66. The van der Waals surface area contributed by atoms with Gasteiger partial charge in [0.25, 0.3) is 0 Å². The average molecular weight is 295 g/mol. The molecule has 0 unspecified atom stereocenters. The van der Waals surface area contributed by atoms with E-state index in [4.69, 9.17) is 4.74 Å². The van der Waals surface area contributed by atoms with E-state index in [2.05, 4.69) is 9.97 Å². The van der Waals surface area contributed by atoms with Crippen LogP contribution < -0.4 is 0 Å². The molecule has 1 aliphatic heterocycles. The van der Waals surface area contributed by atoms with Crippen LogP contribution in [-0.4, -0.2) is 45.1 Å². The van der Waals surface area contributed by atoms with E-state index in [1.807, 2.05) is 6.26 Å². The Morgan fingerprint density at radius 1 is 1.40 bits per heavy atom. The molecule has 0 aromatic carbocycles. The molecule has 2 rings (SSSR count). The maximum atomic E-state index is 12.0. The summed E-state index contributed by atoms with van der Waals surface area (Å²) >= 11 is 1.39. The van der Waals surface area contributed by atoms with Gasteiger partial charge in [-0.25, -0.2) is 14.8 Å². The molecule has 6 nitrogen and oxygen atoms in total. The van der Waals surface area contributed by atoms with Crippen LogP contribution >= 0.6 is 11.8 Å². The van der Waals surface area contributed by atoms with E-state index in [-0.39, 0.29) is 18.9 Å². The zero-order valence-corrected chi connectivity index (χ0v) is 12.8. The van der Waals surface area contributed by atoms with Gasteiger partial charge in [0.1, 0.15) is 5.60 Å². The van der Waals surface area contributed by atoms with Gasteiger partial charge < -0.3 is 4.74 Å². The summed E-state index contributed by atoms with van der Waals surface area (Å²) in [5.74, 6) is -0.162. The van der Waals surface area contributed by atoms with Crippen molar-refractivity contribution in [2.24, 2.45) is 0 Å². The van der Waals surface area contributed by atoms with Gasteiger partial charge in [0, 0.05) is 6.20 Å². The quantitative estimate of drug-likeness (QED) is 0.584. The van der Waals surface area contributed by atoms with Crippen molar-refractivity contribution in [2.75, 3.05) is 12.8 Å². The fourth-order valence-electron chi connectivity index (χ4n) is 1.80. The standard InChI is InChI=1S/C13H17N3O3S/c1-13(2,3)19-12(18)16-6-9-8(10(17)7-16)5-14-11(15-9)20-4/h5H,6-7H2,1-4H3. The minimum Gasteiger partial charge on any atom is -0.444 e. The molecule has 7 heteroatoms. The third kappa shape index (κ3) is 3.27. The largest absolute Gasteiger partial charge is 0.444 e. The van der Waals surface area contributed by atoms with Crippen molar-refractivity contribution in [3.05, 3.63) is 17.5 Å². The fraction of sp³-hybridized carbons (Fsp3) is 0.538. The number of ketones is 1. The lowest BCUT2D eigenvalue weighted by Gasteiger charge is -2.29. The lowest BCUT2D eigenvalue weighted by atomic mass is 10.1. The molecule has 1 aliphatic rings. The predicted octanol–water partition coefficient (Wildman–Crippen LogP) is 2.13. The Morgan fingerprint density at radius 2 is 2.10 bits per heavy atom. The molecular weight excluding hydrogens is 278 g/mol. The fourth-order valence-corrected chi connectivity index (χ4v) is 2.16. The number of amides is 1. The van der Waals surface area contributed by atoms with E-state index >= 15 is 0 Å². The number of hydrogen-bond donors (Lipinski definition) is 0. The number of thioether (sulfide) groups is 1. The van der Waals surface area contributed by atoms with Crippen molar-refractivity contribution >= 4 is 23.6 Å². The summed E-state index contributed by atoms with van der Waals surface area (Å²) in [4.78, 5) is 33.8. The topological polar surface area (TPSA) is 72.4 Å². The van der Waals surface area contributed by atoms with Crippen molar-refractivity contribution < 1.29 is 14.3 Å². The van der Waals surface area contributed by atoms with Gasteiger partial charge in [-0.2, -0.15) is 0 Å². The van der Waals surface area contributed by atoms with Crippen molar-refractivity contribution in [1.29, 1.82) is 0 Å². The Labute approximate surface area is 121 Å². The number of fused-ring (bicyclic) bond motifs is 1. The molecule has 0 saturated carbocycles. The highest BCUT2D eigenvalue weighted by Crippen LogP contribution is 2.21. The van der Waals surface area contributed by atoms with E-state index in [1.165, 1.54) is 22.9 Å². The second kappa shape index (κ2) is 5.40. The van der Waals surface area contributed by atoms with E-state index in [1.54, 1.807) is 20.8 Å². The van der Waals surface area contributed by atoms with Gasteiger partial charge in [-0.05, 0) is 27.0 Å². The van der Waals surface area contributed by atoms with Crippen LogP contribution in [0.1, 0.15) is 36.8 Å². The summed E-state index contributed by atoms with van der Waals surface area (Å²) in [5.41, 5.74) is 0.477. The first-order valence-corrected chi connectivity index (χ1v) is 7.43. The van der Waals surface area contributed by atoms with E-state index in [0.717, 1.165) is 0 Å². The molecule has 0 atom stereocenters. The molecule has 1 aromatic rings. The molecule has 1 aromatic heterocycles. The first-order chi connectivity index (χ1) is 9.30. The summed E-state index contributed by atoms with van der Waals surface area (Å²) in [6.07, 6.45) is 2.89. The number of carbonyl (C=O) groups excluding carboxylic acids is 2. The van der Waals surface area contributed by atoms with Gasteiger partial charge in [-0.1, -0.05) is 11.8 Å². The first-order valence-electron chi connectivity index (χ1n) is 6.21. The number of carbonyl (C=O) groups is 2. The summed E-state index contributed by atoms with van der Waals surface area (Å²) in [6.45, 7) is 5.64. The average Bonchev–Trinajstić information content (AvgIpc) is 2.35. The Kier molecular flexibility index (Phi) is 3.99. The molecule has 0 bridgehead atoms. The minimum absolute atomic E-state index is 0.00386.